The molecule has 15 heavy (non-hydrogen) atoms. The van der Waals surface area contributed by atoms with E-state index in [0.717, 1.165) is 12.8 Å². The number of aromatic nitrogens is 2. The van der Waals surface area contributed by atoms with Crippen molar-refractivity contribution >= 4 is 5.97 Å². The van der Waals surface area contributed by atoms with E-state index in [9.17, 15) is 4.79 Å². The Hall–Kier alpha value is -1.39. The Morgan fingerprint density at radius 1 is 1.33 bits per heavy atom. The Balaban J connectivity index is 2.02. The van der Waals surface area contributed by atoms with E-state index in [2.05, 4.69) is 10.2 Å². The standard InChI is InChI=1S/C10H14N2O3/c13-9(14)6-8-11-12-10(15-8)7-4-2-1-3-5-7/h7H,1-6H2,(H,13,14). The van der Waals surface area contributed by atoms with Crippen molar-refractivity contribution in [3.05, 3.63) is 11.8 Å². The molecule has 1 aromatic rings. The second-order valence-electron chi connectivity index (χ2n) is 3.94. The molecule has 0 spiro atoms. The molecular formula is C10H14N2O3. The molecule has 82 valence electrons. The first-order valence-electron chi connectivity index (χ1n) is 5.30. The first-order valence-corrected chi connectivity index (χ1v) is 5.30. The molecule has 5 nitrogen and oxygen atoms in total. The SMILES string of the molecule is O=C(O)Cc1nnc(C2CCCCC2)o1. The highest BCUT2D eigenvalue weighted by Crippen LogP contribution is 2.31. The summed E-state index contributed by atoms with van der Waals surface area (Å²) in [6.45, 7) is 0. The van der Waals surface area contributed by atoms with E-state index in [1.54, 1.807) is 0 Å². The average molecular weight is 210 g/mol. The smallest absolute Gasteiger partial charge is 0.312 e. The third-order valence-electron chi connectivity index (χ3n) is 2.74. The van der Waals surface area contributed by atoms with E-state index >= 15 is 0 Å². The summed E-state index contributed by atoms with van der Waals surface area (Å²) < 4.78 is 5.33. The van der Waals surface area contributed by atoms with Crippen LogP contribution in [0.25, 0.3) is 0 Å². The maximum absolute atomic E-state index is 10.4. The van der Waals surface area contributed by atoms with Crippen LogP contribution in [-0.4, -0.2) is 21.3 Å². The van der Waals surface area contributed by atoms with Crippen molar-refractivity contribution in [2.45, 2.75) is 44.4 Å². The summed E-state index contributed by atoms with van der Waals surface area (Å²) in [7, 11) is 0. The number of carboxylic acids is 1. The highest BCUT2D eigenvalue weighted by atomic mass is 16.4. The van der Waals surface area contributed by atoms with Gasteiger partial charge in [0.05, 0.1) is 0 Å². The van der Waals surface area contributed by atoms with Gasteiger partial charge in [-0.2, -0.15) is 0 Å². The van der Waals surface area contributed by atoms with E-state index < -0.39 is 5.97 Å². The van der Waals surface area contributed by atoms with E-state index in [1.807, 2.05) is 0 Å². The van der Waals surface area contributed by atoms with Crippen molar-refractivity contribution in [1.29, 1.82) is 0 Å². The van der Waals surface area contributed by atoms with E-state index in [1.165, 1.54) is 19.3 Å². The fraction of sp³-hybridized carbons (Fsp3) is 0.700. The van der Waals surface area contributed by atoms with Crippen molar-refractivity contribution in [3.63, 3.8) is 0 Å². The van der Waals surface area contributed by atoms with Crippen molar-refractivity contribution in [3.8, 4) is 0 Å². The van der Waals surface area contributed by atoms with Gasteiger partial charge in [0.2, 0.25) is 11.8 Å². The monoisotopic (exact) mass is 210 g/mol. The van der Waals surface area contributed by atoms with Gasteiger partial charge in [0, 0.05) is 5.92 Å². The largest absolute Gasteiger partial charge is 0.481 e. The quantitative estimate of drug-likeness (QED) is 0.822. The fourth-order valence-corrected chi connectivity index (χ4v) is 1.98. The summed E-state index contributed by atoms with van der Waals surface area (Å²) in [6.07, 6.45) is 5.64. The third kappa shape index (κ3) is 2.55. The van der Waals surface area contributed by atoms with Crippen LogP contribution in [0, 0.1) is 0 Å². The molecule has 1 aliphatic rings. The van der Waals surface area contributed by atoms with Crippen molar-refractivity contribution in [2.75, 3.05) is 0 Å². The van der Waals surface area contributed by atoms with Gasteiger partial charge in [-0.1, -0.05) is 19.3 Å². The summed E-state index contributed by atoms with van der Waals surface area (Å²) in [6, 6.07) is 0. The number of hydrogen-bond acceptors (Lipinski definition) is 4. The van der Waals surface area contributed by atoms with Crippen LogP contribution in [0.1, 0.15) is 49.8 Å². The van der Waals surface area contributed by atoms with Crippen molar-refractivity contribution in [2.24, 2.45) is 0 Å². The zero-order valence-corrected chi connectivity index (χ0v) is 8.48. The zero-order valence-electron chi connectivity index (χ0n) is 8.48. The Labute approximate surface area is 87.5 Å². The minimum atomic E-state index is -0.936. The first kappa shape index (κ1) is 10.1. The lowest BCUT2D eigenvalue weighted by Crippen LogP contribution is -2.04. The second kappa shape index (κ2) is 4.42. The lowest BCUT2D eigenvalue weighted by molar-refractivity contribution is -0.136. The van der Waals surface area contributed by atoms with Crippen molar-refractivity contribution < 1.29 is 14.3 Å². The molecule has 0 radical (unpaired) electrons. The maximum atomic E-state index is 10.4. The molecule has 1 N–H and O–H groups in total. The van der Waals surface area contributed by atoms with Gasteiger partial charge in [-0.05, 0) is 12.8 Å². The molecule has 0 aromatic carbocycles. The van der Waals surface area contributed by atoms with Crippen LogP contribution in [0.2, 0.25) is 0 Å². The van der Waals surface area contributed by atoms with Gasteiger partial charge in [0.25, 0.3) is 0 Å². The number of nitrogens with zero attached hydrogens (tertiary/aromatic N) is 2. The third-order valence-corrected chi connectivity index (χ3v) is 2.74. The Morgan fingerprint density at radius 2 is 2.07 bits per heavy atom. The Morgan fingerprint density at radius 3 is 2.73 bits per heavy atom. The van der Waals surface area contributed by atoms with E-state index in [0.29, 0.717) is 11.8 Å². The van der Waals surface area contributed by atoms with Crippen molar-refractivity contribution in [1.82, 2.24) is 10.2 Å². The molecule has 1 aromatic heterocycles. The first-order chi connectivity index (χ1) is 7.25. The van der Waals surface area contributed by atoms with Crippen LogP contribution < -0.4 is 0 Å². The van der Waals surface area contributed by atoms with Crippen LogP contribution >= 0.6 is 0 Å². The summed E-state index contributed by atoms with van der Waals surface area (Å²) in [5, 5.41) is 16.2. The lowest BCUT2D eigenvalue weighted by Gasteiger charge is -2.17. The Kier molecular flexibility index (Phi) is 2.99. The van der Waals surface area contributed by atoms with E-state index in [4.69, 9.17) is 9.52 Å². The molecule has 0 unspecified atom stereocenters. The summed E-state index contributed by atoms with van der Waals surface area (Å²) in [5.74, 6) is 0.233. The topological polar surface area (TPSA) is 76.2 Å². The van der Waals surface area contributed by atoms with Crippen LogP contribution in [-0.2, 0) is 11.2 Å². The number of hydrogen-bond donors (Lipinski definition) is 1. The molecule has 0 atom stereocenters. The molecule has 5 heteroatoms. The molecule has 2 rings (SSSR count). The number of aliphatic carboxylic acids is 1. The number of carboxylic acid groups (broad SMARTS) is 1. The fourth-order valence-electron chi connectivity index (χ4n) is 1.98. The molecule has 0 amide bonds. The summed E-state index contributed by atoms with van der Waals surface area (Å²) >= 11 is 0. The average Bonchev–Trinajstić information content (AvgIpc) is 2.67. The molecule has 1 aliphatic carbocycles. The minimum Gasteiger partial charge on any atom is -0.481 e. The highest BCUT2D eigenvalue weighted by molar-refractivity contribution is 5.68. The molecule has 0 saturated heterocycles. The molecule has 1 saturated carbocycles. The maximum Gasteiger partial charge on any atom is 0.312 e. The molecule has 0 bridgehead atoms. The summed E-state index contributed by atoms with van der Waals surface area (Å²) in [4.78, 5) is 10.4. The molecule has 1 heterocycles. The van der Waals surface area contributed by atoms with Gasteiger partial charge in [-0.15, -0.1) is 10.2 Å². The van der Waals surface area contributed by atoms with Crippen LogP contribution in [0.5, 0.6) is 0 Å². The van der Waals surface area contributed by atoms with Crippen LogP contribution in [0.4, 0.5) is 0 Å². The van der Waals surface area contributed by atoms with E-state index in [-0.39, 0.29) is 12.3 Å². The Bertz CT molecular complexity index is 342. The van der Waals surface area contributed by atoms with Crippen LogP contribution in [0.15, 0.2) is 4.42 Å². The summed E-state index contributed by atoms with van der Waals surface area (Å²) in [5.41, 5.74) is 0. The minimum absolute atomic E-state index is 0.181. The highest BCUT2D eigenvalue weighted by Gasteiger charge is 2.21. The second-order valence-corrected chi connectivity index (χ2v) is 3.94. The van der Waals surface area contributed by atoms with Gasteiger partial charge in [0.1, 0.15) is 6.42 Å². The lowest BCUT2D eigenvalue weighted by atomic mass is 9.89. The molecule has 1 fully saturated rings. The van der Waals surface area contributed by atoms with Gasteiger partial charge in [-0.25, -0.2) is 0 Å². The molecule has 0 aliphatic heterocycles. The molecular weight excluding hydrogens is 196 g/mol. The van der Waals surface area contributed by atoms with Gasteiger partial charge in [0.15, 0.2) is 0 Å². The van der Waals surface area contributed by atoms with Crippen LogP contribution in [0.3, 0.4) is 0 Å². The number of carbonyl (C=O) groups is 1. The zero-order chi connectivity index (χ0) is 10.7. The number of rotatable bonds is 3. The predicted octanol–water partition coefficient (Wildman–Crippen LogP) is 1.74. The van der Waals surface area contributed by atoms with Gasteiger partial charge >= 0.3 is 5.97 Å². The normalized spacial score (nSPS) is 17.9. The van der Waals surface area contributed by atoms with Gasteiger partial charge < -0.3 is 9.52 Å². The van der Waals surface area contributed by atoms with Gasteiger partial charge in [-0.3, -0.25) is 4.79 Å². The predicted molar refractivity (Wildman–Crippen MR) is 51.5 cm³/mol.